The van der Waals surface area contributed by atoms with Crippen molar-refractivity contribution in [2.24, 2.45) is 0 Å². The van der Waals surface area contributed by atoms with E-state index in [-0.39, 0.29) is 11.6 Å². The Morgan fingerprint density at radius 1 is 1.39 bits per heavy atom. The molecule has 92 valence electrons. The number of halogens is 1. The summed E-state index contributed by atoms with van der Waals surface area (Å²) in [5.41, 5.74) is 0.517. The minimum atomic E-state index is -0.517. The van der Waals surface area contributed by atoms with Crippen molar-refractivity contribution in [2.45, 2.75) is 19.4 Å². The molecule has 3 nitrogen and oxygen atoms in total. The van der Waals surface area contributed by atoms with Gasteiger partial charge in [-0.1, -0.05) is 13.0 Å². The van der Waals surface area contributed by atoms with E-state index < -0.39 is 5.82 Å². The van der Waals surface area contributed by atoms with Crippen molar-refractivity contribution in [2.75, 3.05) is 5.32 Å². The lowest BCUT2D eigenvalue weighted by atomic mass is 10.1. The van der Waals surface area contributed by atoms with Crippen LogP contribution in [-0.4, -0.2) is 0 Å². The summed E-state index contributed by atoms with van der Waals surface area (Å²) in [6.45, 7) is 1.99. The molecule has 0 aliphatic heterocycles. The molecule has 1 unspecified atom stereocenters. The van der Waals surface area contributed by atoms with E-state index in [9.17, 15) is 4.39 Å². The molecule has 0 radical (unpaired) electrons. The van der Waals surface area contributed by atoms with E-state index in [0.29, 0.717) is 5.69 Å². The van der Waals surface area contributed by atoms with Crippen LogP contribution in [0, 0.1) is 17.1 Å². The van der Waals surface area contributed by atoms with Gasteiger partial charge in [0.1, 0.15) is 23.2 Å². The summed E-state index contributed by atoms with van der Waals surface area (Å²) in [6.07, 6.45) is 2.37. The van der Waals surface area contributed by atoms with Gasteiger partial charge >= 0.3 is 0 Å². The van der Waals surface area contributed by atoms with Crippen molar-refractivity contribution < 1.29 is 8.81 Å². The Labute approximate surface area is 105 Å². The van der Waals surface area contributed by atoms with E-state index in [1.165, 1.54) is 6.07 Å². The fourth-order valence-corrected chi connectivity index (χ4v) is 1.81. The second-order valence-electron chi connectivity index (χ2n) is 3.89. The van der Waals surface area contributed by atoms with Gasteiger partial charge in [-0.15, -0.1) is 0 Å². The molecule has 0 spiro atoms. The van der Waals surface area contributed by atoms with Crippen molar-refractivity contribution in [1.29, 1.82) is 5.26 Å². The molecule has 0 saturated heterocycles. The largest absolute Gasteiger partial charge is 0.467 e. The van der Waals surface area contributed by atoms with Crippen LogP contribution in [-0.2, 0) is 0 Å². The Kier molecular flexibility index (Phi) is 3.63. The van der Waals surface area contributed by atoms with E-state index in [1.807, 2.05) is 19.1 Å². The molecule has 0 aliphatic rings. The van der Waals surface area contributed by atoms with Crippen molar-refractivity contribution in [3.63, 3.8) is 0 Å². The first-order valence-corrected chi connectivity index (χ1v) is 5.74. The standard InChI is InChI=1S/C14H13FN2O/c1-2-12(14-7-4-8-18-14)17-13-6-3-5-11(15)10(13)9-16/h3-8,12,17H,2H2,1H3. The molecule has 4 heteroatoms. The van der Waals surface area contributed by atoms with Gasteiger partial charge in [-0.3, -0.25) is 0 Å². The third kappa shape index (κ3) is 2.35. The molecule has 2 aromatic rings. The fourth-order valence-electron chi connectivity index (χ4n) is 1.81. The number of hydrogen-bond acceptors (Lipinski definition) is 3. The predicted molar refractivity (Wildman–Crippen MR) is 66.5 cm³/mol. The Balaban J connectivity index is 2.29. The van der Waals surface area contributed by atoms with Gasteiger partial charge in [0.15, 0.2) is 0 Å². The van der Waals surface area contributed by atoms with Crippen molar-refractivity contribution in [1.82, 2.24) is 0 Å². The first kappa shape index (κ1) is 12.2. The van der Waals surface area contributed by atoms with Crippen LogP contribution in [0.4, 0.5) is 10.1 Å². The zero-order valence-corrected chi connectivity index (χ0v) is 9.98. The maximum Gasteiger partial charge on any atom is 0.143 e. The minimum absolute atomic E-state index is 0.0301. The van der Waals surface area contributed by atoms with Crippen LogP contribution in [0.25, 0.3) is 0 Å². The Morgan fingerprint density at radius 2 is 2.22 bits per heavy atom. The van der Waals surface area contributed by atoms with Gasteiger partial charge in [-0.25, -0.2) is 4.39 Å². The third-order valence-corrected chi connectivity index (χ3v) is 2.75. The van der Waals surface area contributed by atoms with Crippen LogP contribution in [0.1, 0.15) is 30.7 Å². The highest BCUT2D eigenvalue weighted by atomic mass is 19.1. The van der Waals surface area contributed by atoms with E-state index in [2.05, 4.69) is 5.32 Å². The lowest BCUT2D eigenvalue weighted by Crippen LogP contribution is -2.10. The molecule has 2 rings (SSSR count). The van der Waals surface area contributed by atoms with Crippen molar-refractivity contribution >= 4 is 5.69 Å². The smallest absolute Gasteiger partial charge is 0.143 e. The van der Waals surface area contributed by atoms with Crippen LogP contribution in [0.5, 0.6) is 0 Å². The first-order valence-electron chi connectivity index (χ1n) is 5.74. The van der Waals surface area contributed by atoms with Crippen molar-refractivity contribution in [3.8, 4) is 6.07 Å². The molecular weight excluding hydrogens is 231 g/mol. The highest BCUT2D eigenvalue weighted by Crippen LogP contribution is 2.26. The fraction of sp³-hybridized carbons (Fsp3) is 0.214. The van der Waals surface area contributed by atoms with Crippen LogP contribution in [0.2, 0.25) is 0 Å². The normalized spacial score (nSPS) is 11.8. The van der Waals surface area contributed by atoms with E-state index in [0.717, 1.165) is 12.2 Å². The van der Waals surface area contributed by atoms with Gasteiger partial charge in [0.05, 0.1) is 18.0 Å². The van der Waals surface area contributed by atoms with Gasteiger partial charge in [0, 0.05) is 0 Å². The van der Waals surface area contributed by atoms with E-state index in [1.54, 1.807) is 24.5 Å². The summed E-state index contributed by atoms with van der Waals surface area (Å²) < 4.78 is 18.8. The van der Waals surface area contributed by atoms with Gasteiger partial charge < -0.3 is 9.73 Å². The summed E-state index contributed by atoms with van der Waals surface area (Å²) in [7, 11) is 0. The number of hydrogen-bond donors (Lipinski definition) is 1. The zero-order chi connectivity index (χ0) is 13.0. The number of rotatable bonds is 4. The van der Waals surface area contributed by atoms with Crippen LogP contribution in [0.3, 0.4) is 0 Å². The number of nitrogens with zero attached hydrogens (tertiary/aromatic N) is 1. The molecule has 1 aromatic carbocycles. The van der Waals surface area contributed by atoms with Crippen LogP contribution < -0.4 is 5.32 Å². The molecule has 1 atom stereocenters. The first-order chi connectivity index (χ1) is 8.76. The zero-order valence-electron chi connectivity index (χ0n) is 9.98. The molecule has 0 amide bonds. The monoisotopic (exact) mass is 244 g/mol. The van der Waals surface area contributed by atoms with Gasteiger partial charge in [-0.05, 0) is 30.7 Å². The summed E-state index contributed by atoms with van der Waals surface area (Å²) >= 11 is 0. The van der Waals surface area contributed by atoms with Gasteiger partial charge in [-0.2, -0.15) is 5.26 Å². The molecule has 0 aliphatic carbocycles. The minimum Gasteiger partial charge on any atom is -0.467 e. The molecule has 1 aromatic heterocycles. The second-order valence-corrected chi connectivity index (χ2v) is 3.89. The highest BCUT2D eigenvalue weighted by molar-refractivity contribution is 5.58. The molecule has 0 bridgehead atoms. The molecule has 18 heavy (non-hydrogen) atoms. The topological polar surface area (TPSA) is 49.0 Å². The summed E-state index contributed by atoms with van der Waals surface area (Å²) in [5.74, 6) is 0.252. The number of furan rings is 1. The Morgan fingerprint density at radius 3 is 2.83 bits per heavy atom. The molecular formula is C14H13FN2O. The summed E-state index contributed by atoms with van der Waals surface area (Å²) in [5, 5.41) is 12.1. The third-order valence-electron chi connectivity index (χ3n) is 2.75. The number of nitriles is 1. The van der Waals surface area contributed by atoms with Crippen LogP contribution in [0.15, 0.2) is 41.0 Å². The number of benzene rings is 1. The Bertz CT molecular complexity index is 558. The number of nitrogens with one attached hydrogen (secondary N) is 1. The van der Waals surface area contributed by atoms with E-state index in [4.69, 9.17) is 9.68 Å². The Hall–Kier alpha value is -2.28. The maximum absolute atomic E-state index is 13.5. The summed E-state index contributed by atoms with van der Waals surface area (Å²) in [4.78, 5) is 0. The molecule has 1 heterocycles. The quantitative estimate of drug-likeness (QED) is 0.888. The SMILES string of the molecule is CCC(Nc1cccc(F)c1C#N)c1ccco1. The summed E-state index contributed by atoms with van der Waals surface area (Å²) in [6, 6.07) is 9.99. The lowest BCUT2D eigenvalue weighted by molar-refractivity contribution is 0.473. The number of anilines is 1. The average Bonchev–Trinajstić information content (AvgIpc) is 2.89. The lowest BCUT2D eigenvalue weighted by Gasteiger charge is -2.17. The average molecular weight is 244 g/mol. The molecule has 1 N–H and O–H groups in total. The molecule has 0 fully saturated rings. The predicted octanol–water partition coefficient (Wildman–Crippen LogP) is 3.85. The molecule has 0 saturated carbocycles. The van der Waals surface area contributed by atoms with E-state index >= 15 is 0 Å². The van der Waals surface area contributed by atoms with Crippen molar-refractivity contribution in [3.05, 3.63) is 53.7 Å². The second kappa shape index (κ2) is 5.37. The van der Waals surface area contributed by atoms with Gasteiger partial charge in [0.2, 0.25) is 0 Å². The highest BCUT2D eigenvalue weighted by Gasteiger charge is 2.15. The maximum atomic E-state index is 13.5. The van der Waals surface area contributed by atoms with Crippen LogP contribution >= 0.6 is 0 Å². The van der Waals surface area contributed by atoms with Gasteiger partial charge in [0.25, 0.3) is 0 Å².